The highest BCUT2D eigenvalue weighted by molar-refractivity contribution is 8.00. The topological polar surface area (TPSA) is 72.0 Å². The van der Waals surface area contributed by atoms with Gasteiger partial charge < -0.3 is 10.8 Å². The van der Waals surface area contributed by atoms with Crippen LogP contribution in [0.4, 0.5) is 5.82 Å². The van der Waals surface area contributed by atoms with Gasteiger partial charge in [-0.25, -0.2) is 9.97 Å². The zero-order valence-electron chi connectivity index (χ0n) is 8.10. The summed E-state index contributed by atoms with van der Waals surface area (Å²) in [5.74, 6) is 0.469. The quantitative estimate of drug-likeness (QED) is 0.462. The van der Waals surface area contributed by atoms with Crippen LogP contribution in [0.1, 0.15) is 6.92 Å². The Bertz CT molecular complexity index is 309. The predicted molar refractivity (Wildman–Crippen MR) is 60.6 cm³/mol. The highest BCUT2D eigenvalue weighted by atomic mass is 32.2. The normalized spacial score (nSPS) is 12.8. The Morgan fingerprint density at radius 2 is 2.29 bits per heavy atom. The summed E-state index contributed by atoms with van der Waals surface area (Å²) in [6.45, 7) is 2.06. The Balaban J connectivity index is 2.81. The van der Waals surface area contributed by atoms with Crippen LogP contribution in [0, 0.1) is 0 Å². The van der Waals surface area contributed by atoms with Gasteiger partial charge in [0.05, 0.1) is 6.61 Å². The van der Waals surface area contributed by atoms with Gasteiger partial charge in [0.1, 0.15) is 10.8 Å². The maximum atomic E-state index is 8.89. The fraction of sp³-hybridized carbons (Fsp3) is 0.500. The van der Waals surface area contributed by atoms with Gasteiger partial charge in [-0.3, -0.25) is 0 Å². The van der Waals surface area contributed by atoms with Crippen molar-refractivity contribution in [2.24, 2.45) is 0 Å². The predicted octanol–water partition coefficient (Wildman–Crippen LogP) is 1.25. The van der Waals surface area contributed by atoms with Crippen LogP contribution >= 0.6 is 23.5 Å². The summed E-state index contributed by atoms with van der Waals surface area (Å²) in [7, 11) is 0. The van der Waals surface area contributed by atoms with Crippen molar-refractivity contribution in [3.8, 4) is 0 Å². The molecule has 14 heavy (non-hydrogen) atoms. The van der Waals surface area contributed by atoms with Crippen molar-refractivity contribution in [3.63, 3.8) is 0 Å². The number of nitrogens with zero attached hydrogens (tertiary/aromatic N) is 2. The molecular formula is C8H13N3OS2. The second-order valence-corrected chi connectivity index (χ2v) is 4.96. The zero-order valence-corrected chi connectivity index (χ0v) is 9.73. The van der Waals surface area contributed by atoms with Gasteiger partial charge in [0.25, 0.3) is 0 Å². The summed E-state index contributed by atoms with van der Waals surface area (Å²) >= 11 is 2.95. The second kappa shape index (κ2) is 5.43. The van der Waals surface area contributed by atoms with E-state index in [1.54, 1.807) is 6.07 Å². The Kier molecular flexibility index (Phi) is 4.50. The van der Waals surface area contributed by atoms with E-state index in [9.17, 15) is 0 Å². The van der Waals surface area contributed by atoms with Crippen LogP contribution in [0.2, 0.25) is 0 Å². The van der Waals surface area contributed by atoms with Gasteiger partial charge in [-0.1, -0.05) is 18.7 Å². The molecule has 0 aromatic carbocycles. The lowest BCUT2D eigenvalue weighted by Crippen LogP contribution is -2.03. The average molecular weight is 231 g/mol. The lowest BCUT2D eigenvalue weighted by molar-refractivity contribution is 0.300. The molecule has 0 spiro atoms. The van der Waals surface area contributed by atoms with Crippen LogP contribution in [-0.4, -0.2) is 33.2 Å². The molecular weight excluding hydrogens is 218 g/mol. The molecule has 1 unspecified atom stereocenters. The third kappa shape index (κ3) is 3.36. The number of aromatic nitrogens is 2. The minimum atomic E-state index is 0.124. The van der Waals surface area contributed by atoms with Crippen LogP contribution in [0.5, 0.6) is 0 Å². The van der Waals surface area contributed by atoms with Crippen LogP contribution in [0.15, 0.2) is 16.2 Å². The first-order chi connectivity index (χ1) is 6.65. The molecule has 6 heteroatoms. The number of hydrogen-bond acceptors (Lipinski definition) is 6. The SMILES string of the molecule is CSc1nc(N)cc(SC(C)CO)n1. The molecule has 1 heterocycles. The van der Waals surface area contributed by atoms with Gasteiger partial charge in [-0.15, -0.1) is 11.8 Å². The van der Waals surface area contributed by atoms with E-state index in [4.69, 9.17) is 10.8 Å². The summed E-state index contributed by atoms with van der Waals surface area (Å²) < 4.78 is 0. The van der Waals surface area contributed by atoms with Gasteiger partial charge in [0.15, 0.2) is 5.16 Å². The van der Waals surface area contributed by atoms with Gasteiger partial charge >= 0.3 is 0 Å². The fourth-order valence-electron chi connectivity index (χ4n) is 0.816. The Morgan fingerprint density at radius 3 is 2.86 bits per heavy atom. The molecule has 0 amide bonds. The smallest absolute Gasteiger partial charge is 0.190 e. The van der Waals surface area contributed by atoms with Crippen molar-refractivity contribution < 1.29 is 5.11 Å². The first kappa shape index (κ1) is 11.6. The minimum absolute atomic E-state index is 0.124. The van der Waals surface area contributed by atoms with E-state index in [0.717, 1.165) is 5.03 Å². The van der Waals surface area contributed by atoms with Crippen molar-refractivity contribution in [3.05, 3.63) is 6.07 Å². The number of thioether (sulfide) groups is 2. The summed E-state index contributed by atoms with van der Waals surface area (Å²) in [5, 5.41) is 10.5. The van der Waals surface area contributed by atoms with Crippen molar-refractivity contribution >= 4 is 29.3 Å². The van der Waals surface area contributed by atoms with E-state index in [-0.39, 0.29) is 11.9 Å². The first-order valence-corrected chi connectivity index (χ1v) is 6.22. The monoisotopic (exact) mass is 231 g/mol. The Morgan fingerprint density at radius 1 is 1.57 bits per heavy atom. The van der Waals surface area contributed by atoms with Crippen molar-refractivity contribution in [1.29, 1.82) is 0 Å². The zero-order chi connectivity index (χ0) is 10.6. The third-order valence-corrected chi connectivity index (χ3v) is 3.01. The molecule has 1 aromatic heterocycles. The number of hydrogen-bond donors (Lipinski definition) is 2. The molecule has 0 saturated carbocycles. The largest absolute Gasteiger partial charge is 0.395 e. The molecule has 0 radical (unpaired) electrons. The first-order valence-electron chi connectivity index (χ1n) is 4.11. The lowest BCUT2D eigenvalue weighted by atomic mass is 10.5. The minimum Gasteiger partial charge on any atom is -0.395 e. The summed E-state index contributed by atoms with van der Waals surface area (Å²) in [6, 6.07) is 1.72. The van der Waals surface area contributed by atoms with Crippen LogP contribution < -0.4 is 5.73 Å². The van der Waals surface area contributed by atoms with Crippen molar-refractivity contribution in [1.82, 2.24) is 9.97 Å². The molecule has 0 aliphatic heterocycles. The number of rotatable bonds is 4. The van der Waals surface area contributed by atoms with E-state index in [1.807, 2.05) is 13.2 Å². The van der Waals surface area contributed by atoms with Gasteiger partial charge in [-0.05, 0) is 6.26 Å². The average Bonchev–Trinajstić information content (AvgIpc) is 2.16. The molecule has 1 atom stereocenters. The molecule has 4 nitrogen and oxygen atoms in total. The Labute approximate surface area is 91.7 Å². The molecule has 1 aromatic rings. The van der Waals surface area contributed by atoms with E-state index in [1.165, 1.54) is 23.5 Å². The molecule has 0 aliphatic carbocycles. The lowest BCUT2D eigenvalue weighted by Gasteiger charge is -2.07. The Hall–Kier alpha value is -0.460. The van der Waals surface area contributed by atoms with Crippen LogP contribution in [0.25, 0.3) is 0 Å². The van der Waals surface area contributed by atoms with Crippen molar-refractivity contribution in [2.45, 2.75) is 22.4 Å². The van der Waals surface area contributed by atoms with Crippen LogP contribution in [0.3, 0.4) is 0 Å². The van der Waals surface area contributed by atoms with Gasteiger partial charge in [0.2, 0.25) is 0 Å². The van der Waals surface area contributed by atoms with Gasteiger partial charge in [0, 0.05) is 11.3 Å². The summed E-state index contributed by atoms with van der Waals surface area (Å²) in [6.07, 6.45) is 1.90. The van der Waals surface area contributed by atoms with Crippen LogP contribution in [-0.2, 0) is 0 Å². The molecule has 3 N–H and O–H groups in total. The highest BCUT2D eigenvalue weighted by Gasteiger charge is 2.06. The molecule has 78 valence electrons. The third-order valence-electron chi connectivity index (χ3n) is 1.46. The molecule has 0 saturated heterocycles. The van der Waals surface area contributed by atoms with Gasteiger partial charge in [-0.2, -0.15) is 0 Å². The molecule has 0 aliphatic rings. The van der Waals surface area contributed by atoms with E-state index in [0.29, 0.717) is 11.0 Å². The van der Waals surface area contributed by atoms with E-state index in [2.05, 4.69) is 9.97 Å². The number of nitrogen functional groups attached to an aromatic ring is 1. The maximum absolute atomic E-state index is 8.89. The van der Waals surface area contributed by atoms with E-state index < -0.39 is 0 Å². The van der Waals surface area contributed by atoms with Crippen molar-refractivity contribution in [2.75, 3.05) is 18.6 Å². The van der Waals surface area contributed by atoms with E-state index >= 15 is 0 Å². The standard InChI is InChI=1S/C8H13N3OS2/c1-5(4-12)14-7-3-6(9)10-8(11-7)13-2/h3,5,12H,4H2,1-2H3,(H2,9,10,11). The molecule has 0 fully saturated rings. The second-order valence-electron chi connectivity index (χ2n) is 2.73. The maximum Gasteiger partial charge on any atom is 0.190 e. The summed E-state index contributed by atoms with van der Waals surface area (Å²) in [5.41, 5.74) is 5.61. The molecule has 1 rings (SSSR count). The number of nitrogens with two attached hydrogens (primary N) is 1. The number of anilines is 1. The number of aliphatic hydroxyl groups is 1. The fourth-order valence-corrected chi connectivity index (χ4v) is 2.07. The number of aliphatic hydroxyl groups excluding tert-OH is 1. The summed E-state index contributed by atoms with van der Waals surface area (Å²) in [4.78, 5) is 8.30. The molecule has 0 bridgehead atoms. The highest BCUT2D eigenvalue weighted by Crippen LogP contribution is 2.24.